The third kappa shape index (κ3) is 11.5. The van der Waals surface area contributed by atoms with Crippen molar-refractivity contribution in [2.75, 3.05) is 20.3 Å². The highest BCUT2D eigenvalue weighted by Crippen LogP contribution is 2.53. The van der Waals surface area contributed by atoms with Crippen molar-refractivity contribution in [3.8, 4) is 0 Å². The van der Waals surface area contributed by atoms with E-state index in [9.17, 15) is 24.1 Å². The van der Waals surface area contributed by atoms with Gasteiger partial charge < -0.3 is 34.8 Å². The second-order valence-corrected chi connectivity index (χ2v) is 12.9. The van der Waals surface area contributed by atoms with Crippen LogP contribution >= 0.6 is 7.60 Å². The topological polar surface area (TPSA) is 152 Å². The summed E-state index contributed by atoms with van der Waals surface area (Å²) in [5.74, 6) is -3.30. The van der Waals surface area contributed by atoms with E-state index in [1.165, 1.54) is 7.05 Å². The van der Waals surface area contributed by atoms with E-state index in [0.717, 1.165) is 5.56 Å². The minimum absolute atomic E-state index is 0.00410. The number of cyclic esters (lactones) is 1. The highest BCUT2D eigenvalue weighted by atomic mass is 31.2. The molecule has 4 N–H and O–H groups in total. The van der Waals surface area contributed by atoms with Crippen molar-refractivity contribution >= 4 is 25.5 Å². The number of allylic oxidation sites excluding steroid dienone is 2. The van der Waals surface area contributed by atoms with Gasteiger partial charge in [0.15, 0.2) is 5.85 Å². The van der Waals surface area contributed by atoms with E-state index in [0.29, 0.717) is 25.7 Å². The van der Waals surface area contributed by atoms with Gasteiger partial charge in [-0.15, -0.1) is 0 Å². The van der Waals surface area contributed by atoms with E-state index in [1.807, 2.05) is 56.3 Å². The summed E-state index contributed by atoms with van der Waals surface area (Å²) in [6.45, 7) is 7.06. The molecule has 42 heavy (non-hydrogen) atoms. The van der Waals surface area contributed by atoms with Gasteiger partial charge >= 0.3 is 13.7 Å². The number of aliphatic hydroxyl groups is 1. The van der Waals surface area contributed by atoms with Crippen molar-refractivity contribution in [2.24, 2.45) is 11.8 Å². The molecule has 0 radical (unpaired) electrons. The van der Waals surface area contributed by atoms with Crippen LogP contribution in [-0.4, -0.2) is 67.3 Å². The average Bonchev–Trinajstić information content (AvgIpc) is 2.94. The third-order valence-corrected chi connectivity index (χ3v) is 9.17. The number of hydrogen-bond donors (Lipinski definition) is 4. The van der Waals surface area contributed by atoms with Gasteiger partial charge in [0.2, 0.25) is 11.8 Å². The molecule has 5 atom stereocenters. The molecule has 1 aliphatic rings. The molecule has 0 bridgehead atoms. The molecule has 0 fully saturated rings. The second-order valence-electron chi connectivity index (χ2n) is 10.8. The van der Waals surface area contributed by atoms with Crippen molar-refractivity contribution in [1.29, 1.82) is 0 Å². The number of amides is 3. The van der Waals surface area contributed by atoms with Crippen molar-refractivity contribution in [3.63, 3.8) is 0 Å². The number of aliphatic hydroxyl groups excluding tert-OH is 1. The monoisotopic (exact) mass is 609 g/mol. The van der Waals surface area contributed by atoms with Crippen LogP contribution in [-0.2, 0) is 34.4 Å². The molecule has 0 aromatic heterocycles. The van der Waals surface area contributed by atoms with E-state index >= 15 is 0 Å². The molecule has 1 aromatic carbocycles. The van der Waals surface area contributed by atoms with Gasteiger partial charge in [-0.3, -0.25) is 14.2 Å². The second kappa shape index (κ2) is 18.1. The number of benzene rings is 1. The maximum atomic E-state index is 13.6. The largest absolute Gasteiger partial charge is 0.446 e. The normalized spacial score (nSPS) is 24.4. The van der Waals surface area contributed by atoms with E-state index in [4.69, 9.17) is 13.8 Å². The van der Waals surface area contributed by atoms with Crippen LogP contribution in [0.1, 0.15) is 65.4 Å². The number of rotatable bonds is 11. The Hall–Kier alpha value is -2.72. The van der Waals surface area contributed by atoms with E-state index in [2.05, 4.69) is 16.0 Å². The number of carbonyl (C=O) groups is 3. The summed E-state index contributed by atoms with van der Waals surface area (Å²) < 4.78 is 30.1. The lowest BCUT2D eigenvalue weighted by atomic mass is 9.94. The SMILES string of the molecule is CCOP(=O)(OCC)C(O)[C@@H]1CC(C(=O)NC)C/C=C/CCC(Cc2ccccc2)OC(=O)N[C@@H](CC(C)C)C(=O)N1. The van der Waals surface area contributed by atoms with Crippen LogP contribution in [0.4, 0.5) is 4.79 Å². The molecule has 11 nitrogen and oxygen atoms in total. The Balaban J connectivity index is 2.45. The summed E-state index contributed by atoms with van der Waals surface area (Å²) >= 11 is 0. The van der Waals surface area contributed by atoms with Gasteiger partial charge in [-0.25, -0.2) is 4.79 Å². The Bertz CT molecular complexity index is 1060. The van der Waals surface area contributed by atoms with E-state index < -0.39 is 49.5 Å². The molecule has 0 saturated heterocycles. The zero-order valence-electron chi connectivity index (χ0n) is 25.4. The first kappa shape index (κ1) is 35.5. The summed E-state index contributed by atoms with van der Waals surface area (Å²) in [7, 11) is -2.58. The lowest BCUT2D eigenvalue weighted by Gasteiger charge is -2.32. The van der Waals surface area contributed by atoms with Crippen LogP contribution in [0.25, 0.3) is 0 Å². The first-order chi connectivity index (χ1) is 20.0. The predicted molar refractivity (Wildman–Crippen MR) is 161 cm³/mol. The highest BCUT2D eigenvalue weighted by molar-refractivity contribution is 7.54. The van der Waals surface area contributed by atoms with Crippen LogP contribution in [0.5, 0.6) is 0 Å². The van der Waals surface area contributed by atoms with Crippen molar-refractivity contribution in [2.45, 2.75) is 90.3 Å². The number of ether oxygens (including phenoxy) is 1. The molecule has 0 spiro atoms. The van der Waals surface area contributed by atoms with Gasteiger partial charge in [0.25, 0.3) is 0 Å². The molecule has 1 aliphatic heterocycles. The molecular formula is C30H48N3O8P. The van der Waals surface area contributed by atoms with Gasteiger partial charge in [0, 0.05) is 19.4 Å². The minimum atomic E-state index is -4.09. The Morgan fingerprint density at radius 1 is 1.12 bits per heavy atom. The van der Waals surface area contributed by atoms with Gasteiger partial charge in [-0.05, 0) is 57.4 Å². The van der Waals surface area contributed by atoms with Gasteiger partial charge in [-0.2, -0.15) is 0 Å². The van der Waals surface area contributed by atoms with Gasteiger partial charge in [0.05, 0.1) is 19.3 Å². The zero-order chi connectivity index (χ0) is 31.1. The van der Waals surface area contributed by atoms with Crippen molar-refractivity contribution in [1.82, 2.24) is 16.0 Å². The first-order valence-electron chi connectivity index (χ1n) is 14.8. The molecule has 236 valence electrons. The fourth-order valence-electron chi connectivity index (χ4n) is 4.90. The fraction of sp³-hybridized carbons (Fsp3) is 0.633. The smallest absolute Gasteiger partial charge is 0.408 e. The number of alkyl carbamates (subject to hydrolysis) is 1. The quantitative estimate of drug-likeness (QED) is 0.214. The Labute approximate surface area is 249 Å². The van der Waals surface area contributed by atoms with E-state index in [-0.39, 0.29) is 37.9 Å². The van der Waals surface area contributed by atoms with Crippen molar-refractivity contribution in [3.05, 3.63) is 48.0 Å². The summed E-state index contributed by atoms with van der Waals surface area (Å²) in [6, 6.07) is 7.49. The Kier molecular flexibility index (Phi) is 15.3. The summed E-state index contributed by atoms with van der Waals surface area (Å²) in [5, 5.41) is 19.4. The standard InChI is InChI=1S/C30H48N3O8P/c1-6-39-42(38,40-7-2)29(36)26-20-23(27(34)31-5)16-12-9-13-17-24(19-22-14-10-8-11-15-22)41-30(37)33-25(18-21(3)4)28(35)32-26/h8-12,14-15,21,23-26,29,36H,6-7,13,16-20H2,1-5H3,(H,31,34)(H,32,35)(H,33,37)/b12-9+/t23?,24?,25-,26-,29?/m0/s1. The lowest BCUT2D eigenvalue weighted by Crippen LogP contribution is -2.54. The molecule has 12 heteroatoms. The summed E-state index contributed by atoms with van der Waals surface area (Å²) in [5.41, 5.74) is 1.01. The van der Waals surface area contributed by atoms with Gasteiger partial charge in [0.1, 0.15) is 12.1 Å². The third-order valence-electron chi connectivity index (χ3n) is 6.92. The number of carbonyl (C=O) groups excluding carboxylic acids is 3. The van der Waals surface area contributed by atoms with Crippen LogP contribution in [0.15, 0.2) is 42.5 Å². The van der Waals surface area contributed by atoms with Gasteiger partial charge in [-0.1, -0.05) is 56.3 Å². The number of nitrogens with one attached hydrogen (secondary N) is 3. The molecule has 0 aliphatic carbocycles. The first-order valence-corrected chi connectivity index (χ1v) is 16.4. The van der Waals surface area contributed by atoms with Crippen molar-refractivity contribution < 1.29 is 37.8 Å². The molecule has 2 rings (SSSR count). The predicted octanol–water partition coefficient (Wildman–Crippen LogP) is 4.30. The Morgan fingerprint density at radius 3 is 2.38 bits per heavy atom. The highest BCUT2D eigenvalue weighted by Gasteiger charge is 2.43. The molecule has 3 unspecified atom stereocenters. The zero-order valence-corrected chi connectivity index (χ0v) is 26.3. The number of hydrogen-bond acceptors (Lipinski definition) is 8. The van der Waals surface area contributed by atoms with Crippen LogP contribution in [0.3, 0.4) is 0 Å². The average molecular weight is 610 g/mol. The van der Waals surface area contributed by atoms with E-state index in [1.54, 1.807) is 13.8 Å². The van der Waals surface area contributed by atoms with Crippen LogP contribution in [0, 0.1) is 11.8 Å². The molecule has 1 heterocycles. The van der Waals surface area contributed by atoms with Crippen LogP contribution < -0.4 is 16.0 Å². The Morgan fingerprint density at radius 2 is 1.79 bits per heavy atom. The minimum Gasteiger partial charge on any atom is -0.446 e. The molecule has 0 saturated carbocycles. The maximum Gasteiger partial charge on any atom is 0.408 e. The summed E-state index contributed by atoms with van der Waals surface area (Å²) in [6.07, 6.45) is 4.78. The maximum absolute atomic E-state index is 13.6. The van der Waals surface area contributed by atoms with Crippen LogP contribution in [0.2, 0.25) is 0 Å². The lowest BCUT2D eigenvalue weighted by molar-refractivity contribution is -0.127. The fourth-order valence-corrected chi connectivity index (χ4v) is 6.64. The molecule has 1 aromatic rings. The molecular weight excluding hydrogens is 561 g/mol. The summed E-state index contributed by atoms with van der Waals surface area (Å²) in [4.78, 5) is 39.6. The molecule has 3 amide bonds.